The zero-order chi connectivity index (χ0) is 18.4. The van der Waals surface area contributed by atoms with Crippen molar-refractivity contribution in [3.8, 4) is 11.8 Å². The van der Waals surface area contributed by atoms with Gasteiger partial charge in [-0.3, -0.25) is 4.99 Å². The monoisotopic (exact) mass is 339 g/mol. The summed E-state index contributed by atoms with van der Waals surface area (Å²) in [5.74, 6) is 1.30. The van der Waals surface area contributed by atoms with Crippen molar-refractivity contribution < 1.29 is 0 Å². The van der Waals surface area contributed by atoms with Crippen LogP contribution in [-0.2, 0) is 6.42 Å². The molecule has 0 aliphatic carbocycles. The molecular formula is C18H25N7. The Morgan fingerprint density at radius 1 is 1.20 bits per heavy atom. The number of nitrogens with zero attached hydrogens (tertiary/aromatic N) is 6. The number of para-hydroxylation sites is 1. The van der Waals surface area contributed by atoms with Crippen molar-refractivity contribution in [1.82, 2.24) is 19.6 Å². The van der Waals surface area contributed by atoms with E-state index in [4.69, 9.17) is 5.73 Å². The standard InChI is InChI=1S/C18H25N7/c1-23(2)18(24(3)4)21-12-8-11-16-15(13-19)17(20)25(22-16)14-9-6-5-7-10-14/h5-7,9-10H,8,11-12,20H2,1-4H3. The fraction of sp³-hybridized carbons (Fsp3) is 0.389. The molecule has 0 bridgehead atoms. The van der Waals surface area contributed by atoms with E-state index < -0.39 is 0 Å². The Kier molecular flexibility index (Phi) is 6.01. The molecule has 7 heteroatoms. The fourth-order valence-corrected chi connectivity index (χ4v) is 2.65. The summed E-state index contributed by atoms with van der Waals surface area (Å²) in [5.41, 5.74) is 8.14. The molecule has 0 saturated carbocycles. The van der Waals surface area contributed by atoms with Gasteiger partial charge in [0.1, 0.15) is 17.5 Å². The van der Waals surface area contributed by atoms with Crippen LogP contribution < -0.4 is 5.73 Å². The minimum Gasteiger partial charge on any atom is -0.382 e. The van der Waals surface area contributed by atoms with Crippen LogP contribution in [0.5, 0.6) is 0 Å². The topological polar surface area (TPSA) is 86.5 Å². The van der Waals surface area contributed by atoms with Gasteiger partial charge < -0.3 is 15.5 Å². The largest absolute Gasteiger partial charge is 0.382 e. The molecule has 0 radical (unpaired) electrons. The highest BCUT2D eigenvalue weighted by Gasteiger charge is 2.16. The Morgan fingerprint density at radius 3 is 2.40 bits per heavy atom. The zero-order valence-electron chi connectivity index (χ0n) is 15.3. The molecule has 0 aliphatic rings. The second-order valence-electron chi connectivity index (χ2n) is 6.14. The highest BCUT2D eigenvalue weighted by molar-refractivity contribution is 5.79. The van der Waals surface area contributed by atoms with Crippen LogP contribution in [0.25, 0.3) is 5.69 Å². The lowest BCUT2D eigenvalue weighted by Crippen LogP contribution is -2.35. The number of hydrogen-bond acceptors (Lipinski definition) is 4. The number of nitrogens with two attached hydrogens (primary N) is 1. The number of aliphatic imine (C=N–C) groups is 1. The predicted octanol–water partition coefficient (Wildman–Crippen LogP) is 1.74. The second kappa shape index (κ2) is 8.20. The lowest BCUT2D eigenvalue weighted by Gasteiger charge is -2.22. The highest BCUT2D eigenvalue weighted by atomic mass is 15.3. The van der Waals surface area contributed by atoms with E-state index in [1.165, 1.54) is 0 Å². The first kappa shape index (κ1) is 18.3. The molecule has 1 aromatic carbocycles. The molecule has 2 N–H and O–H groups in total. The molecule has 1 aromatic heterocycles. The molecule has 0 fully saturated rings. The zero-order valence-corrected chi connectivity index (χ0v) is 15.3. The first-order chi connectivity index (χ1) is 12.0. The van der Waals surface area contributed by atoms with Crippen LogP contribution >= 0.6 is 0 Å². The molecule has 0 spiro atoms. The van der Waals surface area contributed by atoms with Gasteiger partial charge >= 0.3 is 0 Å². The molecule has 2 aromatic rings. The first-order valence-electron chi connectivity index (χ1n) is 8.17. The fourth-order valence-electron chi connectivity index (χ4n) is 2.65. The van der Waals surface area contributed by atoms with E-state index in [0.29, 0.717) is 24.3 Å². The molecule has 25 heavy (non-hydrogen) atoms. The van der Waals surface area contributed by atoms with Crippen molar-refractivity contribution in [3.63, 3.8) is 0 Å². The van der Waals surface area contributed by atoms with Crippen molar-refractivity contribution in [2.45, 2.75) is 12.8 Å². The van der Waals surface area contributed by atoms with E-state index in [1.54, 1.807) is 4.68 Å². The molecule has 0 saturated heterocycles. The third-order valence-corrected chi connectivity index (χ3v) is 3.73. The minimum atomic E-state index is 0.384. The highest BCUT2D eigenvalue weighted by Crippen LogP contribution is 2.21. The second-order valence-corrected chi connectivity index (χ2v) is 6.14. The number of aromatic nitrogens is 2. The molecule has 7 nitrogen and oxygen atoms in total. The van der Waals surface area contributed by atoms with Gasteiger partial charge in [-0.2, -0.15) is 10.4 Å². The molecule has 0 atom stereocenters. The minimum absolute atomic E-state index is 0.384. The van der Waals surface area contributed by atoms with Gasteiger partial charge in [-0.05, 0) is 25.0 Å². The van der Waals surface area contributed by atoms with Crippen LogP contribution in [0.1, 0.15) is 17.7 Å². The number of benzene rings is 1. The van der Waals surface area contributed by atoms with Crippen LogP contribution in [0.4, 0.5) is 5.82 Å². The van der Waals surface area contributed by atoms with Gasteiger partial charge in [-0.15, -0.1) is 0 Å². The Labute approximate surface area is 149 Å². The van der Waals surface area contributed by atoms with Crippen LogP contribution in [-0.4, -0.2) is 60.3 Å². The molecule has 132 valence electrons. The summed E-state index contributed by atoms with van der Waals surface area (Å²) in [6.45, 7) is 0.661. The van der Waals surface area contributed by atoms with Gasteiger partial charge in [-0.1, -0.05) is 18.2 Å². The summed E-state index contributed by atoms with van der Waals surface area (Å²) in [6, 6.07) is 11.8. The molecule has 0 unspecified atom stereocenters. The van der Waals surface area contributed by atoms with E-state index in [0.717, 1.165) is 23.8 Å². The van der Waals surface area contributed by atoms with Crippen LogP contribution in [0.2, 0.25) is 0 Å². The van der Waals surface area contributed by atoms with Gasteiger partial charge in [0.15, 0.2) is 5.96 Å². The van der Waals surface area contributed by atoms with Gasteiger partial charge in [0.05, 0.1) is 11.4 Å². The van der Waals surface area contributed by atoms with E-state index in [9.17, 15) is 5.26 Å². The number of hydrogen-bond donors (Lipinski definition) is 1. The van der Waals surface area contributed by atoms with E-state index in [2.05, 4.69) is 16.2 Å². The van der Waals surface area contributed by atoms with Crippen LogP contribution in [0.15, 0.2) is 35.3 Å². The third-order valence-electron chi connectivity index (χ3n) is 3.73. The molecule has 0 aliphatic heterocycles. The third kappa shape index (κ3) is 4.29. The number of guanidine groups is 1. The maximum Gasteiger partial charge on any atom is 0.195 e. The molecule has 1 heterocycles. The summed E-state index contributed by atoms with van der Waals surface area (Å²) in [4.78, 5) is 8.55. The maximum absolute atomic E-state index is 9.43. The summed E-state index contributed by atoms with van der Waals surface area (Å²) in [6.07, 6.45) is 1.45. The number of rotatable bonds is 5. The lowest BCUT2D eigenvalue weighted by molar-refractivity contribution is 0.479. The number of anilines is 1. The van der Waals surface area contributed by atoms with Crippen LogP contribution in [0, 0.1) is 11.3 Å². The number of nitriles is 1. The van der Waals surface area contributed by atoms with E-state index >= 15 is 0 Å². The Morgan fingerprint density at radius 2 is 1.84 bits per heavy atom. The van der Waals surface area contributed by atoms with Gasteiger partial charge in [-0.25, -0.2) is 4.68 Å². The quantitative estimate of drug-likeness (QED) is 0.509. The van der Waals surface area contributed by atoms with Crippen molar-refractivity contribution >= 4 is 11.8 Å². The summed E-state index contributed by atoms with van der Waals surface area (Å²) < 4.78 is 1.63. The SMILES string of the molecule is CN(C)C(=NCCCc1nn(-c2ccccc2)c(N)c1C#N)N(C)C. The lowest BCUT2D eigenvalue weighted by atomic mass is 10.1. The smallest absolute Gasteiger partial charge is 0.195 e. The Bertz CT molecular complexity index is 757. The van der Waals surface area contributed by atoms with Crippen LogP contribution in [0.3, 0.4) is 0 Å². The molecule has 2 rings (SSSR count). The predicted molar refractivity (Wildman–Crippen MR) is 101 cm³/mol. The van der Waals surface area contributed by atoms with Crippen molar-refractivity contribution in [3.05, 3.63) is 41.6 Å². The Balaban J connectivity index is 2.13. The number of nitrogen functional groups attached to an aromatic ring is 1. The summed E-state index contributed by atoms with van der Waals surface area (Å²) >= 11 is 0. The van der Waals surface area contributed by atoms with E-state index in [-0.39, 0.29) is 0 Å². The van der Waals surface area contributed by atoms with E-state index in [1.807, 2.05) is 68.3 Å². The summed E-state index contributed by atoms with van der Waals surface area (Å²) in [7, 11) is 7.87. The van der Waals surface area contributed by atoms with Crippen molar-refractivity contribution in [2.75, 3.05) is 40.5 Å². The first-order valence-corrected chi connectivity index (χ1v) is 8.17. The maximum atomic E-state index is 9.43. The number of aryl methyl sites for hydroxylation is 1. The molecule has 0 amide bonds. The van der Waals surface area contributed by atoms with Gasteiger partial charge in [0, 0.05) is 34.7 Å². The average Bonchev–Trinajstić information content (AvgIpc) is 2.90. The Hall–Kier alpha value is -3.01. The van der Waals surface area contributed by atoms with Crippen molar-refractivity contribution in [2.24, 2.45) is 4.99 Å². The summed E-state index contributed by atoms with van der Waals surface area (Å²) in [5, 5.41) is 14.0. The normalized spacial score (nSPS) is 10.2. The average molecular weight is 339 g/mol. The van der Waals surface area contributed by atoms with Gasteiger partial charge in [0.2, 0.25) is 0 Å². The molecular weight excluding hydrogens is 314 g/mol. The van der Waals surface area contributed by atoms with Crippen molar-refractivity contribution in [1.29, 1.82) is 5.26 Å². The van der Waals surface area contributed by atoms with Gasteiger partial charge in [0.25, 0.3) is 0 Å².